The molecule has 0 radical (unpaired) electrons. The van der Waals surface area contributed by atoms with Crippen LogP contribution in [-0.4, -0.2) is 17.5 Å². The van der Waals surface area contributed by atoms with Crippen molar-refractivity contribution >= 4 is 67.4 Å². The molecule has 0 atom stereocenters. The van der Waals surface area contributed by atoms with E-state index in [0.29, 0.717) is 0 Å². The Kier molecular flexibility index (Phi) is 2.45. The van der Waals surface area contributed by atoms with Crippen molar-refractivity contribution in [3.05, 3.63) is 72.9 Å². The average Bonchev–Trinajstić information content (AvgIpc) is 3.11. The third kappa shape index (κ3) is 1.55. The van der Waals surface area contributed by atoms with E-state index in [1.165, 1.54) is 53.9 Å². The van der Waals surface area contributed by atoms with Gasteiger partial charge in [-0.15, -0.1) is 0 Å². The summed E-state index contributed by atoms with van der Waals surface area (Å²) in [7, 11) is -1.78. The summed E-state index contributed by atoms with van der Waals surface area (Å²) in [6, 6.07) is 24.8. The molecule has 132 valence electrons. The van der Waals surface area contributed by atoms with E-state index in [2.05, 4.69) is 84.2 Å². The lowest BCUT2D eigenvalue weighted by Gasteiger charge is -2.31. The smallest absolute Gasteiger partial charge is 0.117 e. The second-order valence-electron chi connectivity index (χ2n) is 8.53. The first-order valence-electron chi connectivity index (χ1n) is 9.83. The highest BCUT2D eigenvalue weighted by Gasteiger charge is 2.35. The zero-order valence-corrected chi connectivity index (χ0v) is 16.8. The van der Waals surface area contributed by atoms with Crippen molar-refractivity contribution in [3.63, 3.8) is 0 Å². The summed E-state index contributed by atoms with van der Waals surface area (Å²) in [6.45, 7) is 4.95. The van der Waals surface area contributed by atoms with Crippen molar-refractivity contribution in [2.75, 3.05) is 0 Å². The fourth-order valence-corrected chi connectivity index (χ4v) is 8.33. The Hall–Kier alpha value is -3.17. The molecular weight excluding hydrogens is 356 g/mol. The van der Waals surface area contributed by atoms with Gasteiger partial charge in [-0.2, -0.15) is 0 Å². The Labute approximate surface area is 163 Å². The van der Waals surface area contributed by atoms with Gasteiger partial charge in [0.1, 0.15) is 8.07 Å². The lowest BCUT2D eigenvalue weighted by atomic mass is 10.0. The van der Waals surface area contributed by atoms with Gasteiger partial charge in [0.25, 0.3) is 0 Å². The maximum Gasteiger partial charge on any atom is 0.117 e. The first-order valence-corrected chi connectivity index (χ1v) is 12.8. The Morgan fingerprint density at radius 2 is 1.43 bits per heavy atom. The highest BCUT2D eigenvalue weighted by molar-refractivity contribution is 7.03. The van der Waals surface area contributed by atoms with Crippen LogP contribution >= 0.6 is 0 Å². The Balaban J connectivity index is 1.91. The highest BCUT2D eigenvalue weighted by Crippen LogP contribution is 2.37. The number of pyridine rings is 2. The molecule has 0 unspecified atom stereocenters. The van der Waals surface area contributed by atoms with E-state index in [-0.39, 0.29) is 0 Å². The number of para-hydroxylation sites is 1. The van der Waals surface area contributed by atoms with Crippen LogP contribution in [0.2, 0.25) is 13.1 Å². The third-order valence-corrected chi connectivity index (χ3v) is 10.2. The van der Waals surface area contributed by atoms with E-state index in [0.717, 1.165) is 5.52 Å². The minimum atomic E-state index is -1.78. The van der Waals surface area contributed by atoms with Crippen LogP contribution in [0.15, 0.2) is 72.9 Å². The van der Waals surface area contributed by atoms with Gasteiger partial charge >= 0.3 is 0 Å². The predicted octanol–water partition coefficient (Wildman–Crippen LogP) is 5.08. The molecule has 0 bridgehead atoms. The topological polar surface area (TPSA) is 17.3 Å². The van der Waals surface area contributed by atoms with Gasteiger partial charge in [-0.1, -0.05) is 55.6 Å². The van der Waals surface area contributed by atoms with Crippen molar-refractivity contribution < 1.29 is 0 Å². The van der Waals surface area contributed by atoms with E-state index in [9.17, 15) is 0 Å². The molecule has 0 aliphatic carbocycles. The summed E-state index contributed by atoms with van der Waals surface area (Å²) < 4.78 is 2.50. The maximum atomic E-state index is 4.91. The SMILES string of the molecule is C[Si]1(C)c2cccc3cc4c5cc6ccccc6cc5c5nccc1c5n4c23. The van der Waals surface area contributed by atoms with Crippen molar-refractivity contribution in [1.82, 2.24) is 9.38 Å². The fraction of sp³-hybridized carbons (Fsp3) is 0.0800. The normalized spacial score (nSPS) is 15.1. The minimum Gasteiger partial charge on any atom is -0.307 e. The average molecular weight is 375 g/mol. The van der Waals surface area contributed by atoms with Crippen molar-refractivity contribution in [2.45, 2.75) is 13.1 Å². The number of hydrogen-bond donors (Lipinski definition) is 0. The van der Waals surface area contributed by atoms with Gasteiger partial charge in [0.15, 0.2) is 0 Å². The Bertz CT molecular complexity index is 1640. The lowest BCUT2D eigenvalue weighted by molar-refractivity contribution is 1.31. The number of fused-ring (bicyclic) bond motifs is 4. The second kappa shape index (κ2) is 4.62. The van der Waals surface area contributed by atoms with Crippen molar-refractivity contribution in [2.24, 2.45) is 0 Å². The summed E-state index contributed by atoms with van der Waals surface area (Å²) in [5.74, 6) is 0. The highest BCUT2D eigenvalue weighted by atomic mass is 28.3. The quantitative estimate of drug-likeness (QED) is 0.206. The zero-order valence-electron chi connectivity index (χ0n) is 15.8. The molecule has 0 N–H and O–H groups in total. The largest absolute Gasteiger partial charge is 0.307 e. The molecule has 3 heteroatoms. The molecular formula is C25H18N2Si. The molecule has 28 heavy (non-hydrogen) atoms. The van der Waals surface area contributed by atoms with Crippen LogP contribution in [0.25, 0.3) is 49.0 Å². The summed E-state index contributed by atoms with van der Waals surface area (Å²) in [5.41, 5.74) is 5.16. The van der Waals surface area contributed by atoms with Crippen LogP contribution < -0.4 is 10.4 Å². The summed E-state index contributed by atoms with van der Waals surface area (Å²) in [6.07, 6.45) is 2.02. The van der Waals surface area contributed by atoms with E-state index < -0.39 is 8.07 Å². The predicted molar refractivity (Wildman–Crippen MR) is 122 cm³/mol. The molecule has 6 aromatic rings. The molecule has 2 nitrogen and oxygen atoms in total. The maximum absolute atomic E-state index is 4.91. The van der Waals surface area contributed by atoms with Crippen LogP contribution in [0, 0.1) is 0 Å². The molecule has 0 amide bonds. The molecule has 0 fully saturated rings. The molecule has 0 saturated carbocycles. The summed E-state index contributed by atoms with van der Waals surface area (Å²) in [4.78, 5) is 4.91. The second-order valence-corrected chi connectivity index (χ2v) is 12.9. The van der Waals surface area contributed by atoms with Gasteiger partial charge in [0.05, 0.1) is 22.1 Å². The first kappa shape index (κ1) is 14.8. The van der Waals surface area contributed by atoms with Crippen LogP contribution in [0.5, 0.6) is 0 Å². The van der Waals surface area contributed by atoms with Crippen LogP contribution in [0.4, 0.5) is 0 Å². The number of hydrogen-bond acceptors (Lipinski definition) is 1. The monoisotopic (exact) mass is 374 g/mol. The van der Waals surface area contributed by atoms with E-state index in [1.54, 1.807) is 0 Å². The van der Waals surface area contributed by atoms with E-state index in [1.807, 2.05) is 6.20 Å². The van der Waals surface area contributed by atoms with Gasteiger partial charge in [0, 0.05) is 22.4 Å². The van der Waals surface area contributed by atoms with Gasteiger partial charge in [-0.3, -0.25) is 4.98 Å². The Morgan fingerprint density at radius 3 is 2.25 bits per heavy atom. The lowest BCUT2D eigenvalue weighted by Crippen LogP contribution is -2.55. The van der Waals surface area contributed by atoms with Gasteiger partial charge in [0.2, 0.25) is 0 Å². The van der Waals surface area contributed by atoms with Gasteiger partial charge in [-0.05, 0) is 45.4 Å². The standard InChI is InChI=1S/C25H18N2Si/c1-28(2)21-9-5-8-17-14-20-18-12-15-6-3-4-7-16(15)13-19(18)23-25(27(20)24(17)21)22(28)10-11-26-23/h3-14H,1-2H3. The molecule has 0 spiro atoms. The third-order valence-electron chi connectivity index (χ3n) is 6.74. The molecule has 3 aromatic heterocycles. The van der Waals surface area contributed by atoms with Crippen molar-refractivity contribution in [1.29, 1.82) is 0 Å². The number of aromatic nitrogens is 2. The van der Waals surface area contributed by atoms with Gasteiger partial charge < -0.3 is 4.40 Å². The van der Waals surface area contributed by atoms with Crippen LogP contribution in [-0.2, 0) is 0 Å². The molecule has 7 rings (SSSR count). The van der Waals surface area contributed by atoms with Crippen LogP contribution in [0.3, 0.4) is 0 Å². The van der Waals surface area contributed by atoms with E-state index >= 15 is 0 Å². The van der Waals surface area contributed by atoms with Crippen LogP contribution in [0.1, 0.15) is 0 Å². The van der Waals surface area contributed by atoms with Gasteiger partial charge in [-0.25, -0.2) is 0 Å². The molecule has 1 aliphatic heterocycles. The molecule has 0 saturated heterocycles. The summed E-state index contributed by atoms with van der Waals surface area (Å²) >= 11 is 0. The first-order chi connectivity index (χ1) is 13.6. The van der Waals surface area contributed by atoms with E-state index in [4.69, 9.17) is 4.98 Å². The minimum absolute atomic E-state index is 1.14. The summed E-state index contributed by atoms with van der Waals surface area (Å²) in [5, 5.41) is 9.48. The fourth-order valence-electron chi connectivity index (χ4n) is 5.37. The number of benzene rings is 3. The molecule has 1 aliphatic rings. The Morgan fingerprint density at radius 1 is 0.714 bits per heavy atom. The number of nitrogens with zero attached hydrogens (tertiary/aromatic N) is 2. The molecule has 3 aromatic carbocycles. The molecule has 4 heterocycles. The number of rotatable bonds is 0. The van der Waals surface area contributed by atoms with Crippen molar-refractivity contribution in [3.8, 4) is 0 Å². The zero-order chi connectivity index (χ0) is 18.6.